The maximum absolute atomic E-state index is 12.1. The maximum Gasteiger partial charge on any atom is 0.241 e. The van der Waals surface area contributed by atoms with Crippen molar-refractivity contribution in [2.75, 3.05) is 13.2 Å². The second-order valence-corrected chi connectivity index (χ2v) is 5.57. The van der Waals surface area contributed by atoms with Crippen LogP contribution < -0.4 is 4.74 Å². The number of nitrogens with zero attached hydrogens (tertiary/aromatic N) is 1. The molecule has 0 fully saturated rings. The quantitative estimate of drug-likeness (QED) is 0.417. The molecule has 1 unspecified atom stereocenters. The number of ether oxygens (including phenoxy) is 1. The molecule has 0 aliphatic carbocycles. The first-order valence-corrected chi connectivity index (χ1v) is 7.78. The fourth-order valence-corrected chi connectivity index (χ4v) is 2.63. The van der Waals surface area contributed by atoms with E-state index in [1.165, 1.54) is 0 Å². The Kier molecular flexibility index (Phi) is 8.65. The zero-order valence-corrected chi connectivity index (χ0v) is 17.4. The number of rotatable bonds is 4. The molecular weight excluding hydrogens is 410 g/mol. The Morgan fingerprint density at radius 1 is 1.48 bits per heavy atom. The van der Waals surface area contributed by atoms with Crippen LogP contribution in [-0.4, -0.2) is 29.3 Å². The zero-order chi connectivity index (χ0) is 16.1. The minimum absolute atomic E-state index is 0. The van der Waals surface area contributed by atoms with Crippen molar-refractivity contribution in [1.29, 1.82) is 0 Å². The minimum Gasteiger partial charge on any atom is -0.481 e. The molecule has 3 nitrogen and oxygen atoms in total. The van der Waals surface area contributed by atoms with E-state index in [0.29, 0.717) is 36.0 Å². The summed E-state index contributed by atoms with van der Waals surface area (Å²) in [5.41, 5.74) is 1.42. The molecule has 1 aliphatic heterocycles. The van der Waals surface area contributed by atoms with Gasteiger partial charge in [-0.15, -0.1) is 46.4 Å². The first kappa shape index (κ1) is 20.5. The van der Waals surface area contributed by atoms with Gasteiger partial charge in [0, 0.05) is 39.3 Å². The van der Waals surface area contributed by atoms with Crippen LogP contribution in [0, 0.1) is 17.9 Å². The van der Waals surface area contributed by atoms with Gasteiger partial charge in [0.15, 0.2) is 0 Å². The largest absolute Gasteiger partial charge is 0.481 e. The van der Waals surface area contributed by atoms with Crippen molar-refractivity contribution >= 4 is 34.8 Å². The Balaban J connectivity index is 0.00000264. The smallest absolute Gasteiger partial charge is 0.241 e. The molecule has 1 heterocycles. The maximum atomic E-state index is 12.1. The topological polar surface area (TPSA) is 29.5 Å². The van der Waals surface area contributed by atoms with Crippen LogP contribution in [0.2, 0.25) is 5.02 Å². The molecule has 1 aromatic rings. The summed E-state index contributed by atoms with van der Waals surface area (Å²) in [5.74, 6) is 6.10. The Labute approximate surface area is 172 Å². The third kappa shape index (κ3) is 4.97. The zero-order valence-electron chi connectivity index (χ0n) is 13.0. The number of carbonyl (C=O) groups excluding carboxylic acids is 1. The number of halogens is 2. The van der Waals surface area contributed by atoms with Crippen molar-refractivity contribution in [1.82, 2.24) is 4.90 Å². The molecule has 0 N–H and O–H groups in total. The molecule has 1 aliphatic rings. The predicted molar refractivity (Wildman–Crippen MR) is 88.7 cm³/mol. The van der Waals surface area contributed by atoms with E-state index < -0.39 is 5.38 Å². The normalized spacial score (nSPS) is 16.9. The van der Waals surface area contributed by atoms with Crippen LogP contribution >= 0.6 is 23.2 Å². The predicted octanol–water partition coefficient (Wildman–Crippen LogP) is 3.74. The average molecular weight is 426 g/mol. The first-order valence-electron chi connectivity index (χ1n) is 6.97. The van der Waals surface area contributed by atoms with Crippen molar-refractivity contribution < 1.29 is 42.2 Å². The van der Waals surface area contributed by atoms with Gasteiger partial charge in [-0.1, -0.05) is 12.3 Å². The van der Waals surface area contributed by atoms with E-state index in [1.54, 1.807) is 24.0 Å². The van der Waals surface area contributed by atoms with Crippen LogP contribution in [0.5, 0.6) is 5.75 Å². The monoisotopic (exact) mass is 425 g/mol. The summed E-state index contributed by atoms with van der Waals surface area (Å²) in [6.45, 7) is 4.48. The second kappa shape index (κ2) is 9.69. The number of alkyl halides is 1. The summed E-state index contributed by atoms with van der Waals surface area (Å²) in [4.78, 5) is 13.7. The molecule has 0 aromatic heterocycles. The van der Waals surface area contributed by atoms with Crippen LogP contribution in [0.25, 0.3) is 5.70 Å². The number of carbonyl (C=O) groups is 1. The van der Waals surface area contributed by atoms with E-state index in [-0.39, 0.29) is 38.6 Å². The van der Waals surface area contributed by atoms with Gasteiger partial charge in [-0.25, -0.2) is 6.08 Å². The molecule has 6 heteroatoms. The molecular formula is C17H16Cl2NO2Y-. The van der Waals surface area contributed by atoms with Crippen LogP contribution in [0.1, 0.15) is 25.8 Å². The van der Waals surface area contributed by atoms with Crippen molar-refractivity contribution in [2.45, 2.75) is 25.6 Å². The van der Waals surface area contributed by atoms with Crippen LogP contribution in [0.3, 0.4) is 0 Å². The van der Waals surface area contributed by atoms with E-state index in [2.05, 4.69) is 17.9 Å². The van der Waals surface area contributed by atoms with E-state index in [0.717, 1.165) is 5.56 Å². The second-order valence-electron chi connectivity index (χ2n) is 4.64. The van der Waals surface area contributed by atoms with Gasteiger partial charge in [-0.2, -0.15) is 0 Å². The Morgan fingerprint density at radius 3 is 2.83 bits per heavy atom. The Hall–Kier alpha value is -0.526. The fraction of sp³-hybridized carbons (Fsp3) is 0.353. The van der Waals surface area contributed by atoms with Gasteiger partial charge in [0.25, 0.3) is 0 Å². The molecule has 119 valence electrons. The summed E-state index contributed by atoms with van der Waals surface area (Å²) in [6, 6.07) is 5.34. The Bertz CT molecular complexity index is 664. The van der Waals surface area contributed by atoms with Gasteiger partial charge in [0.2, 0.25) is 5.91 Å². The molecule has 1 amide bonds. The summed E-state index contributed by atoms with van der Waals surface area (Å²) in [5, 5.41) is -0.0542. The summed E-state index contributed by atoms with van der Waals surface area (Å²) >= 11 is 12.3. The number of amides is 1. The van der Waals surface area contributed by atoms with E-state index in [4.69, 9.17) is 27.9 Å². The number of hydrogen-bond acceptors (Lipinski definition) is 2. The molecule has 1 atom stereocenters. The summed E-state index contributed by atoms with van der Waals surface area (Å²) in [6.07, 6.45) is 3.55. The standard InChI is InChI=1S/C17H16Cl2NO2.Y/c1-3-5-10-22-12-6-7-13(15(19)11-12)16-9-8-14(18)17(21)20(16)4-2;/h6-7,11,14H,4,8,10H2,1-2H3;/q-1;. The van der Waals surface area contributed by atoms with Gasteiger partial charge in [-0.3, -0.25) is 4.79 Å². The van der Waals surface area contributed by atoms with Crippen molar-refractivity contribution in [3.8, 4) is 17.6 Å². The van der Waals surface area contributed by atoms with Gasteiger partial charge >= 0.3 is 0 Å². The van der Waals surface area contributed by atoms with Gasteiger partial charge < -0.3 is 9.64 Å². The molecule has 0 saturated heterocycles. The Morgan fingerprint density at radius 2 is 2.22 bits per heavy atom. The van der Waals surface area contributed by atoms with Gasteiger partial charge in [-0.05, 0) is 31.0 Å². The van der Waals surface area contributed by atoms with Gasteiger partial charge in [0.1, 0.15) is 17.7 Å². The van der Waals surface area contributed by atoms with Crippen molar-refractivity contribution in [3.05, 3.63) is 34.9 Å². The third-order valence-corrected chi connectivity index (χ3v) is 3.91. The summed E-state index contributed by atoms with van der Waals surface area (Å²) < 4.78 is 5.47. The molecule has 23 heavy (non-hydrogen) atoms. The molecule has 0 spiro atoms. The molecule has 2 rings (SSSR count). The molecule has 1 radical (unpaired) electrons. The number of allylic oxidation sites excluding steroid dienone is 1. The SMILES string of the molecule is CC#CCOc1ccc(C2=[C-]CC(Cl)C(=O)N2CC)c(Cl)c1.[Y]. The molecule has 0 saturated carbocycles. The van der Waals surface area contributed by atoms with Crippen molar-refractivity contribution in [3.63, 3.8) is 0 Å². The van der Waals surface area contributed by atoms with Crippen LogP contribution in [0.15, 0.2) is 18.2 Å². The number of hydrogen-bond donors (Lipinski definition) is 0. The summed E-state index contributed by atoms with van der Waals surface area (Å²) in [7, 11) is 0. The van der Waals surface area contributed by atoms with Crippen molar-refractivity contribution in [2.24, 2.45) is 0 Å². The molecule has 0 bridgehead atoms. The third-order valence-electron chi connectivity index (χ3n) is 3.25. The van der Waals surface area contributed by atoms with Crippen LogP contribution in [-0.2, 0) is 37.5 Å². The number of benzene rings is 1. The fourth-order valence-electron chi connectivity index (χ4n) is 2.17. The average Bonchev–Trinajstić information content (AvgIpc) is 2.51. The van der Waals surface area contributed by atoms with E-state index >= 15 is 0 Å². The van der Waals surface area contributed by atoms with E-state index in [9.17, 15) is 4.79 Å². The molecule has 1 aromatic carbocycles. The first-order chi connectivity index (χ1) is 10.6. The van der Waals surface area contributed by atoms with E-state index in [1.807, 2.05) is 13.0 Å². The minimum atomic E-state index is -0.558. The van der Waals surface area contributed by atoms with Crippen LogP contribution in [0.4, 0.5) is 0 Å². The van der Waals surface area contributed by atoms with Gasteiger partial charge in [0.05, 0.1) is 0 Å².